The molecule has 0 aromatic heterocycles. The first-order chi connectivity index (χ1) is 9.11. The van der Waals surface area contributed by atoms with Gasteiger partial charge in [-0.3, -0.25) is 4.90 Å². The molecule has 106 valence electrons. The summed E-state index contributed by atoms with van der Waals surface area (Å²) in [6.07, 6.45) is 5.07. The molecule has 0 bridgehead atoms. The Kier molecular flexibility index (Phi) is 5.29. The first-order valence-electron chi connectivity index (χ1n) is 7.60. The molecule has 1 aliphatic rings. The second kappa shape index (κ2) is 6.76. The summed E-state index contributed by atoms with van der Waals surface area (Å²) in [5.74, 6) is 0. The fourth-order valence-electron chi connectivity index (χ4n) is 3.09. The third-order valence-corrected chi connectivity index (χ3v) is 4.89. The molecule has 1 nitrogen and oxygen atoms in total. The molecule has 0 spiro atoms. The Bertz CT molecular complexity index is 377. The summed E-state index contributed by atoms with van der Waals surface area (Å²) in [7, 11) is 0. The summed E-state index contributed by atoms with van der Waals surface area (Å²) in [5, 5.41) is 0.105. The zero-order valence-electron chi connectivity index (χ0n) is 12.4. The van der Waals surface area contributed by atoms with Gasteiger partial charge < -0.3 is 0 Å². The Labute approximate surface area is 123 Å². The molecule has 19 heavy (non-hydrogen) atoms. The van der Waals surface area contributed by atoms with E-state index in [0.717, 1.165) is 13.0 Å². The van der Waals surface area contributed by atoms with Crippen LogP contribution >= 0.6 is 11.6 Å². The molecule has 1 aromatic rings. The Balaban J connectivity index is 2.00. The van der Waals surface area contributed by atoms with E-state index in [-0.39, 0.29) is 5.38 Å². The molecule has 2 rings (SSSR count). The highest BCUT2D eigenvalue weighted by Crippen LogP contribution is 2.28. The fraction of sp³-hybridized carbons (Fsp3) is 0.647. The summed E-state index contributed by atoms with van der Waals surface area (Å²) >= 11 is 6.62. The molecule has 1 aromatic carbocycles. The van der Waals surface area contributed by atoms with Gasteiger partial charge in [-0.25, -0.2) is 0 Å². The van der Waals surface area contributed by atoms with E-state index in [4.69, 9.17) is 11.6 Å². The highest BCUT2D eigenvalue weighted by atomic mass is 35.5. The molecule has 0 N–H and O–H groups in total. The van der Waals surface area contributed by atoms with Crippen molar-refractivity contribution in [2.45, 2.75) is 63.9 Å². The van der Waals surface area contributed by atoms with Gasteiger partial charge in [0.25, 0.3) is 0 Å². The number of piperidine rings is 1. The Morgan fingerprint density at radius 3 is 2.26 bits per heavy atom. The minimum Gasteiger partial charge on any atom is -0.296 e. The minimum absolute atomic E-state index is 0.105. The third-order valence-electron chi connectivity index (χ3n) is 4.50. The molecular weight excluding hydrogens is 254 g/mol. The van der Waals surface area contributed by atoms with Crippen LogP contribution in [0.2, 0.25) is 0 Å². The van der Waals surface area contributed by atoms with E-state index in [1.807, 2.05) is 0 Å². The first kappa shape index (κ1) is 14.9. The number of aryl methyl sites for hydroxylation is 1. The van der Waals surface area contributed by atoms with Gasteiger partial charge in [-0.05, 0) is 44.2 Å². The lowest BCUT2D eigenvalue weighted by molar-refractivity contribution is 0.103. The lowest BCUT2D eigenvalue weighted by Crippen LogP contribution is -2.45. The smallest absolute Gasteiger partial charge is 0.0712 e. The number of benzene rings is 1. The molecule has 2 heteroatoms. The monoisotopic (exact) mass is 279 g/mol. The van der Waals surface area contributed by atoms with Crippen LogP contribution in [0.15, 0.2) is 24.3 Å². The molecule has 0 radical (unpaired) electrons. The largest absolute Gasteiger partial charge is 0.296 e. The van der Waals surface area contributed by atoms with Crippen LogP contribution < -0.4 is 0 Å². The van der Waals surface area contributed by atoms with Crippen molar-refractivity contribution in [3.05, 3.63) is 35.4 Å². The second-order valence-corrected chi connectivity index (χ2v) is 6.42. The lowest BCUT2D eigenvalue weighted by Gasteiger charge is -2.40. The number of likely N-dealkylation sites (tertiary alicyclic amines) is 1. The maximum atomic E-state index is 6.62. The van der Waals surface area contributed by atoms with E-state index in [2.05, 4.69) is 49.9 Å². The number of halogens is 1. The molecule has 3 atom stereocenters. The topological polar surface area (TPSA) is 3.24 Å². The van der Waals surface area contributed by atoms with Crippen LogP contribution in [0.4, 0.5) is 0 Å². The molecule has 0 amide bonds. The van der Waals surface area contributed by atoms with Crippen LogP contribution in [0.1, 0.15) is 56.5 Å². The Morgan fingerprint density at radius 1 is 1.16 bits per heavy atom. The van der Waals surface area contributed by atoms with Gasteiger partial charge >= 0.3 is 0 Å². The van der Waals surface area contributed by atoms with Gasteiger partial charge in [0.1, 0.15) is 0 Å². The van der Waals surface area contributed by atoms with Crippen LogP contribution in [0.5, 0.6) is 0 Å². The standard InChI is InChI=1S/C17H26ClN/c1-4-15-8-10-16(11-9-15)17(18)12-19-13(2)6-5-7-14(19)3/h8-11,13-14,17H,4-7,12H2,1-3H3. The molecule has 0 aliphatic carbocycles. The van der Waals surface area contributed by atoms with Gasteiger partial charge in [-0.1, -0.05) is 37.6 Å². The van der Waals surface area contributed by atoms with Crippen molar-refractivity contribution in [1.82, 2.24) is 4.90 Å². The van der Waals surface area contributed by atoms with Gasteiger partial charge in [0.2, 0.25) is 0 Å². The highest BCUT2D eigenvalue weighted by Gasteiger charge is 2.26. The minimum atomic E-state index is 0.105. The molecule has 3 unspecified atom stereocenters. The van der Waals surface area contributed by atoms with E-state index in [9.17, 15) is 0 Å². The molecule has 1 heterocycles. The maximum absolute atomic E-state index is 6.62. The van der Waals surface area contributed by atoms with Gasteiger partial charge in [-0.2, -0.15) is 0 Å². The van der Waals surface area contributed by atoms with E-state index in [0.29, 0.717) is 12.1 Å². The van der Waals surface area contributed by atoms with Crippen LogP contribution in [0.3, 0.4) is 0 Å². The average Bonchev–Trinajstić information content (AvgIpc) is 2.43. The normalized spacial score (nSPS) is 26.3. The number of hydrogen-bond donors (Lipinski definition) is 0. The predicted octanol–water partition coefficient (Wildman–Crippen LogP) is 4.79. The zero-order chi connectivity index (χ0) is 13.8. The highest BCUT2D eigenvalue weighted by molar-refractivity contribution is 6.21. The second-order valence-electron chi connectivity index (χ2n) is 5.89. The molecular formula is C17H26ClN. The van der Waals surface area contributed by atoms with Crippen molar-refractivity contribution in [3.8, 4) is 0 Å². The van der Waals surface area contributed by atoms with Crippen LogP contribution in [0, 0.1) is 0 Å². The van der Waals surface area contributed by atoms with Gasteiger partial charge in [0.05, 0.1) is 5.38 Å². The van der Waals surface area contributed by atoms with E-state index < -0.39 is 0 Å². The maximum Gasteiger partial charge on any atom is 0.0712 e. The Hall–Kier alpha value is -0.530. The van der Waals surface area contributed by atoms with Gasteiger partial charge in [0.15, 0.2) is 0 Å². The molecule has 0 saturated carbocycles. The van der Waals surface area contributed by atoms with Gasteiger partial charge in [-0.15, -0.1) is 11.6 Å². The summed E-state index contributed by atoms with van der Waals surface area (Å²) in [5.41, 5.74) is 2.64. The van der Waals surface area contributed by atoms with E-state index in [1.54, 1.807) is 0 Å². The zero-order valence-corrected chi connectivity index (χ0v) is 13.2. The molecule has 1 fully saturated rings. The van der Waals surface area contributed by atoms with Gasteiger partial charge in [0, 0.05) is 18.6 Å². The fourth-order valence-corrected chi connectivity index (χ4v) is 3.39. The number of alkyl halides is 1. The molecule has 1 aliphatic heterocycles. The van der Waals surface area contributed by atoms with E-state index in [1.165, 1.54) is 30.4 Å². The predicted molar refractivity (Wildman–Crippen MR) is 83.9 cm³/mol. The summed E-state index contributed by atoms with van der Waals surface area (Å²) < 4.78 is 0. The van der Waals surface area contributed by atoms with Crippen molar-refractivity contribution in [2.24, 2.45) is 0 Å². The SMILES string of the molecule is CCc1ccc(C(Cl)CN2C(C)CCCC2C)cc1. The Morgan fingerprint density at radius 2 is 1.74 bits per heavy atom. The van der Waals surface area contributed by atoms with Crippen molar-refractivity contribution >= 4 is 11.6 Å². The first-order valence-corrected chi connectivity index (χ1v) is 8.04. The average molecular weight is 280 g/mol. The van der Waals surface area contributed by atoms with E-state index >= 15 is 0 Å². The number of rotatable bonds is 4. The van der Waals surface area contributed by atoms with Crippen molar-refractivity contribution in [1.29, 1.82) is 0 Å². The lowest BCUT2D eigenvalue weighted by atomic mass is 9.96. The molecule has 1 saturated heterocycles. The van der Waals surface area contributed by atoms with Crippen molar-refractivity contribution < 1.29 is 0 Å². The summed E-state index contributed by atoms with van der Waals surface area (Å²) in [4.78, 5) is 2.58. The summed E-state index contributed by atoms with van der Waals surface area (Å²) in [6.45, 7) is 7.82. The number of nitrogens with zero attached hydrogens (tertiary/aromatic N) is 1. The van der Waals surface area contributed by atoms with Crippen LogP contribution in [-0.4, -0.2) is 23.5 Å². The van der Waals surface area contributed by atoms with Crippen molar-refractivity contribution in [2.75, 3.05) is 6.54 Å². The van der Waals surface area contributed by atoms with Crippen LogP contribution in [0.25, 0.3) is 0 Å². The number of hydrogen-bond acceptors (Lipinski definition) is 1. The quantitative estimate of drug-likeness (QED) is 0.716. The third kappa shape index (κ3) is 3.73. The summed E-state index contributed by atoms with van der Waals surface area (Å²) in [6, 6.07) is 10.1. The van der Waals surface area contributed by atoms with Crippen molar-refractivity contribution in [3.63, 3.8) is 0 Å². The van der Waals surface area contributed by atoms with Crippen LogP contribution in [-0.2, 0) is 6.42 Å².